The Morgan fingerprint density at radius 1 is 0.952 bits per heavy atom. The summed E-state index contributed by atoms with van der Waals surface area (Å²) < 4.78 is 0. The van der Waals surface area contributed by atoms with Crippen molar-refractivity contribution >= 4 is 18.8 Å². The molecule has 0 aromatic heterocycles. The molecule has 2 heteroatoms. The Kier molecular flexibility index (Phi) is 4.97. The van der Waals surface area contributed by atoms with Gasteiger partial charge in [-0.05, 0) is 17.7 Å². The van der Waals surface area contributed by atoms with Gasteiger partial charge < -0.3 is 5.11 Å². The van der Waals surface area contributed by atoms with E-state index < -0.39 is 8.07 Å². The maximum absolute atomic E-state index is 9.67. The van der Waals surface area contributed by atoms with Crippen LogP contribution < -0.4 is 5.19 Å². The van der Waals surface area contributed by atoms with Gasteiger partial charge in [0.25, 0.3) is 0 Å². The molecule has 0 amide bonds. The van der Waals surface area contributed by atoms with Gasteiger partial charge in [0.05, 0.1) is 6.61 Å². The highest BCUT2D eigenvalue weighted by Crippen LogP contribution is 2.18. The Hall–Kier alpha value is -1.86. The largest absolute Gasteiger partial charge is 0.391 e. The average Bonchev–Trinajstić information content (AvgIpc) is 2.54. The zero-order chi connectivity index (χ0) is 15.3. The minimum absolute atomic E-state index is 0.0145. The van der Waals surface area contributed by atoms with Gasteiger partial charge in [0, 0.05) is 5.57 Å². The number of hydrogen-bond donors (Lipinski definition) is 1. The summed E-state index contributed by atoms with van der Waals surface area (Å²) in [6.07, 6.45) is 0. The standard InChI is InChI=1S/C19H22OSi/c1-16(21(2,3)19-12-8-5-9-13-19)14-18(15-20)17-10-6-4-7-11-17/h4-13,20H,15H2,1-3H3. The van der Waals surface area contributed by atoms with E-state index in [2.05, 4.69) is 50.0 Å². The van der Waals surface area contributed by atoms with E-state index in [9.17, 15) is 5.11 Å². The van der Waals surface area contributed by atoms with Crippen LogP contribution in [0.3, 0.4) is 0 Å². The van der Waals surface area contributed by atoms with Gasteiger partial charge in [-0.1, -0.05) is 78.9 Å². The highest BCUT2D eigenvalue weighted by Gasteiger charge is 2.25. The Morgan fingerprint density at radius 2 is 1.48 bits per heavy atom. The summed E-state index contributed by atoms with van der Waals surface area (Å²) in [6, 6.07) is 20.6. The first-order chi connectivity index (χ1) is 10.1. The van der Waals surface area contributed by atoms with Crippen LogP contribution in [-0.4, -0.2) is 19.8 Å². The summed E-state index contributed by atoms with van der Waals surface area (Å²) in [5.74, 6) is 0. The summed E-state index contributed by atoms with van der Waals surface area (Å²) in [6.45, 7) is 6.80. The Balaban J connectivity index is 2.49. The first-order valence-corrected chi connectivity index (χ1v) is 10.2. The van der Waals surface area contributed by atoms with Crippen LogP contribution in [0.5, 0.6) is 0 Å². The molecule has 0 atom stereocenters. The van der Waals surface area contributed by atoms with Crippen molar-refractivity contribution in [2.45, 2.75) is 20.0 Å². The van der Waals surface area contributed by atoms with Crippen LogP contribution in [0.2, 0.25) is 13.1 Å². The second-order valence-corrected chi connectivity index (χ2v) is 10.3. The lowest BCUT2D eigenvalue weighted by molar-refractivity contribution is 0.350. The van der Waals surface area contributed by atoms with Crippen molar-refractivity contribution in [3.63, 3.8) is 0 Å². The number of hydrogen-bond acceptors (Lipinski definition) is 1. The predicted molar refractivity (Wildman–Crippen MR) is 93.2 cm³/mol. The summed E-state index contributed by atoms with van der Waals surface area (Å²) in [5.41, 5.74) is 5.37. The minimum atomic E-state index is -1.72. The third-order valence-corrected chi connectivity index (χ3v) is 7.83. The Bertz CT molecular complexity index is 650. The maximum Gasteiger partial charge on any atom is 0.116 e. The van der Waals surface area contributed by atoms with Gasteiger partial charge in [0.15, 0.2) is 0 Å². The van der Waals surface area contributed by atoms with E-state index in [1.165, 1.54) is 10.4 Å². The molecule has 1 nitrogen and oxygen atoms in total. The van der Waals surface area contributed by atoms with Crippen molar-refractivity contribution in [2.75, 3.05) is 6.61 Å². The average molecular weight is 294 g/mol. The zero-order valence-corrected chi connectivity index (χ0v) is 13.9. The van der Waals surface area contributed by atoms with Gasteiger partial charge >= 0.3 is 0 Å². The lowest BCUT2D eigenvalue weighted by Gasteiger charge is -2.22. The first kappa shape index (κ1) is 15.5. The molecule has 0 bridgehead atoms. The molecule has 0 aliphatic carbocycles. The quantitative estimate of drug-likeness (QED) is 0.672. The van der Waals surface area contributed by atoms with E-state index >= 15 is 0 Å². The molecule has 21 heavy (non-hydrogen) atoms. The van der Waals surface area contributed by atoms with Crippen molar-refractivity contribution in [3.05, 3.63) is 77.2 Å². The topological polar surface area (TPSA) is 20.2 Å². The molecule has 2 aromatic carbocycles. The number of aliphatic hydroxyl groups is 1. The highest BCUT2D eigenvalue weighted by atomic mass is 28.3. The fourth-order valence-corrected chi connectivity index (χ4v) is 4.22. The lowest BCUT2D eigenvalue weighted by Crippen LogP contribution is -2.42. The molecular weight excluding hydrogens is 272 g/mol. The Morgan fingerprint density at radius 3 is 2.00 bits per heavy atom. The van der Waals surface area contributed by atoms with E-state index in [1.54, 1.807) is 0 Å². The molecule has 0 heterocycles. The Labute approximate surface area is 128 Å². The monoisotopic (exact) mass is 294 g/mol. The van der Waals surface area contributed by atoms with Gasteiger partial charge in [0.1, 0.15) is 8.07 Å². The molecule has 0 fully saturated rings. The molecule has 0 aliphatic rings. The third-order valence-electron chi connectivity index (χ3n) is 4.05. The number of aliphatic hydroxyl groups excluding tert-OH is 1. The molecule has 108 valence electrons. The van der Waals surface area contributed by atoms with Crippen molar-refractivity contribution in [1.82, 2.24) is 0 Å². The number of benzene rings is 2. The smallest absolute Gasteiger partial charge is 0.116 e. The van der Waals surface area contributed by atoms with E-state index in [0.717, 1.165) is 11.1 Å². The second kappa shape index (κ2) is 6.73. The predicted octanol–water partition coefficient (Wildman–Crippen LogP) is 3.76. The molecule has 0 saturated heterocycles. The minimum Gasteiger partial charge on any atom is -0.391 e. The van der Waals surface area contributed by atoms with Crippen LogP contribution in [0.1, 0.15) is 12.5 Å². The van der Waals surface area contributed by atoms with Crippen molar-refractivity contribution in [3.8, 4) is 0 Å². The fraction of sp³-hybridized carbons (Fsp3) is 0.211. The molecule has 0 radical (unpaired) electrons. The number of rotatable bonds is 4. The van der Waals surface area contributed by atoms with E-state index in [4.69, 9.17) is 0 Å². The summed E-state index contributed by atoms with van der Waals surface area (Å²) in [5, 5.41) is 12.3. The van der Waals surface area contributed by atoms with Crippen molar-refractivity contribution in [2.24, 2.45) is 0 Å². The van der Waals surface area contributed by atoms with Crippen LogP contribution in [0, 0.1) is 0 Å². The molecule has 0 unspecified atom stereocenters. The van der Waals surface area contributed by atoms with Gasteiger partial charge in [-0.2, -0.15) is 0 Å². The SMILES string of the molecule is CC(=C=C(CO)c1ccccc1)[Si](C)(C)c1ccccc1. The third kappa shape index (κ3) is 3.62. The van der Waals surface area contributed by atoms with Gasteiger partial charge in [-0.3, -0.25) is 0 Å². The maximum atomic E-state index is 9.67. The molecule has 2 aromatic rings. The second-order valence-electron chi connectivity index (χ2n) is 5.74. The molecule has 1 N–H and O–H groups in total. The van der Waals surface area contributed by atoms with E-state index in [0.29, 0.717) is 0 Å². The molecular formula is C19H22OSi. The summed E-state index contributed by atoms with van der Waals surface area (Å²) >= 11 is 0. The van der Waals surface area contributed by atoms with Gasteiger partial charge in [-0.15, -0.1) is 5.73 Å². The van der Waals surface area contributed by atoms with Crippen LogP contribution in [0.15, 0.2) is 71.6 Å². The van der Waals surface area contributed by atoms with Crippen LogP contribution in [0.25, 0.3) is 5.57 Å². The fourth-order valence-electron chi connectivity index (χ4n) is 2.30. The van der Waals surface area contributed by atoms with E-state index in [1.807, 2.05) is 36.4 Å². The van der Waals surface area contributed by atoms with Gasteiger partial charge in [-0.25, -0.2) is 0 Å². The van der Waals surface area contributed by atoms with Crippen LogP contribution in [0.4, 0.5) is 0 Å². The molecule has 0 spiro atoms. The molecule has 0 saturated carbocycles. The van der Waals surface area contributed by atoms with Crippen molar-refractivity contribution in [1.29, 1.82) is 0 Å². The van der Waals surface area contributed by atoms with E-state index in [-0.39, 0.29) is 6.61 Å². The van der Waals surface area contributed by atoms with Crippen LogP contribution in [-0.2, 0) is 0 Å². The summed E-state index contributed by atoms with van der Waals surface area (Å²) in [7, 11) is -1.72. The summed E-state index contributed by atoms with van der Waals surface area (Å²) in [4.78, 5) is 0. The molecule has 0 aliphatic heterocycles. The van der Waals surface area contributed by atoms with Crippen molar-refractivity contribution < 1.29 is 5.11 Å². The molecule has 2 rings (SSSR count). The normalized spacial score (nSPS) is 10.9. The zero-order valence-electron chi connectivity index (χ0n) is 12.9. The van der Waals surface area contributed by atoms with Gasteiger partial charge in [0.2, 0.25) is 0 Å². The lowest BCUT2D eigenvalue weighted by atomic mass is 10.1. The van der Waals surface area contributed by atoms with Crippen LogP contribution >= 0.6 is 0 Å². The first-order valence-electron chi connectivity index (χ1n) is 7.24. The highest BCUT2D eigenvalue weighted by molar-refractivity contribution is 6.95.